The maximum absolute atomic E-state index is 5.44. The monoisotopic (exact) mass is 266 g/mol. The minimum Gasteiger partial charge on any atom is -0.368 e. The van der Waals surface area contributed by atoms with Gasteiger partial charge in [-0.1, -0.05) is 33.2 Å². The standard InChI is InChI=1S/C11H11BrN2O/c12-9-3-1-2-8(6-9)4-5-10-7-11(13)15-14-10/h1-3,6-7H,4-5,13H2. The Labute approximate surface area is 96.4 Å². The molecule has 2 N–H and O–H groups in total. The molecule has 0 bridgehead atoms. The van der Waals surface area contributed by atoms with Gasteiger partial charge in [0.05, 0.1) is 5.69 Å². The molecule has 0 amide bonds. The summed E-state index contributed by atoms with van der Waals surface area (Å²) >= 11 is 3.44. The second-order valence-electron chi connectivity index (χ2n) is 3.35. The van der Waals surface area contributed by atoms with Crippen LogP contribution in [0, 0.1) is 0 Å². The smallest absolute Gasteiger partial charge is 0.222 e. The summed E-state index contributed by atoms with van der Waals surface area (Å²) < 4.78 is 5.89. The molecule has 0 saturated heterocycles. The molecule has 2 rings (SSSR count). The predicted octanol–water partition coefficient (Wildman–Crippen LogP) is 2.80. The molecule has 78 valence electrons. The molecule has 1 aromatic carbocycles. The van der Waals surface area contributed by atoms with Gasteiger partial charge in [0.2, 0.25) is 5.88 Å². The quantitative estimate of drug-likeness (QED) is 0.930. The molecule has 0 radical (unpaired) electrons. The summed E-state index contributed by atoms with van der Waals surface area (Å²) in [6, 6.07) is 9.99. The molecule has 1 heterocycles. The van der Waals surface area contributed by atoms with Gasteiger partial charge in [0.15, 0.2) is 0 Å². The Morgan fingerprint density at radius 2 is 2.13 bits per heavy atom. The van der Waals surface area contributed by atoms with Gasteiger partial charge >= 0.3 is 0 Å². The summed E-state index contributed by atoms with van der Waals surface area (Å²) in [7, 11) is 0. The van der Waals surface area contributed by atoms with Crippen molar-refractivity contribution < 1.29 is 4.52 Å². The zero-order chi connectivity index (χ0) is 10.7. The molecule has 0 aliphatic heterocycles. The topological polar surface area (TPSA) is 52.0 Å². The molecular formula is C11H11BrN2O. The Balaban J connectivity index is 1.99. The number of aryl methyl sites for hydroxylation is 2. The van der Waals surface area contributed by atoms with Gasteiger partial charge in [-0.25, -0.2) is 0 Å². The van der Waals surface area contributed by atoms with Crippen LogP contribution in [-0.4, -0.2) is 5.16 Å². The highest BCUT2D eigenvalue weighted by molar-refractivity contribution is 9.10. The maximum Gasteiger partial charge on any atom is 0.222 e. The van der Waals surface area contributed by atoms with Crippen LogP contribution in [0.4, 0.5) is 5.88 Å². The molecule has 0 aliphatic rings. The van der Waals surface area contributed by atoms with Crippen LogP contribution in [0.15, 0.2) is 39.3 Å². The van der Waals surface area contributed by atoms with Gasteiger partial charge in [0.25, 0.3) is 0 Å². The van der Waals surface area contributed by atoms with E-state index in [-0.39, 0.29) is 0 Å². The number of nitrogens with two attached hydrogens (primary N) is 1. The number of aromatic nitrogens is 1. The number of nitrogen functional groups attached to an aromatic ring is 1. The Morgan fingerprint density at radius 3 is 2.80 bits per heavy atom. The van der Waals surface area contributed by atoms with Gasteiger partial charge in [-0.15, -0.1) is 0 Å². The molecule has 15 heavy (non-hydrogen) atoms. The van der Waals surface area contributed by atoms with Gasteiger partial charge in [-0.3, -0.25) is 0 Å². The molecule has 0 spiro atoms. The van der Waals surface area contributed by atoms with E-state index < -0.39 is 0 Å². The first kappa shape index (κ1) is 10.2. The fourth-order valence-corrected chi connectivity index (χ4v) is 1.86. The van der Waals surface area contributed by atoms with Crippen molar-refractivity contribution in [3.05, 3.63) is 46.1 Å². The summed E-state index contributed by atoms with van der Waals surface area (Å²) in [6.45, 7) is 0. The highest BCUT2D eigenvalue weighted by Gasteiger charge is 2.01. The third kappa shape index (κ3) is 2.83. The normalized spacial score (nSPS) is 10.5. The van der Waals surface area contributed by atoms with Crippen molar-refractivity contribution >= 4 is 21.8 Å². The molecule has 0 aliphatic carbocycles. The van der Waals surface area contributed by atoms with E-state index >= 15 is 0 Å². The molecular weight excluding hydrogens is 256 g/mol. The lowest BCUT2D eigenvalue weighted by molar-refractivity contribution is 0.427. The highest BCUT2D eigenvalue weighted by atomic mass is 79.9. The van der Waals surface area contributed by atoms with Crippen molar-refractivity contribution in [2.45, 2.75) is 12.8 Å². The first-order valence-electron chi connectivity index (χ1n) is 4.69. The lowest BCUT2D eigenvalue weighted by Gasteiger charge is -1.99. The van der Waals surface area contributed by atoms with E-state index in [2.05, 4.69) is 33.2 Å². The average Bonchev–Trinajstić information content (AvgIpc) is 2.62. The van der Waals surface area contributed by atoms with Crippen LogP contribution >= 0.6 is 15.9 Å². The van der Waals surface area contributed by atoms with Gasteiger partial charge in [-0.05, 0) is 30.5 Å². The summed E-state index contributed by atoms with van der Waals surface area (Å²) in [5.41, 5.74) is 7.60. The first-order chi connectivity index (χ1) is 7.24. The third-order valence-electron chi connectivity index (χ3n) is 2.14. The highest BCUT2D eigenvalue weighted by Crippen LogP contribution is 2.14. The van der Waals surface area contributed by atoms with Crippen molar-refractivity contribution in [2.24, 2.45) is 0 Å². The number of hydrogen-bond acceptors (Lipinski definition) is 3. The van der Waals surface area contributed by atoms with E-state index in [1.54, 1.807) is 6.07 Å². The Morgan fingerprint density at radius 1 is 1.27 bits per heavy atom. The summed E-state index contributed by atoms with van der Waals surface area (Å²) in [4.78, 5) is 0. The van der Waals surface area contributed by atoms with Crippen LogP contribution < -0.4 is 5.73 Å². The number of halogens is 1. The third-order valence-corrected chi connectivity index (χ3v) is 2.63. The fraction of sp³-hybridized carbons (Fsp3) is 0.182. The number of rotatable bonds is 3. The van der Waals surface area contributed by atoms with Crippen LogP contribution in [0.2, 0.25) is 0 Å². The number of benzene rings is 1. The van der Waals surface area contributed by atoms with Gasteiger partial charge < -0.3 is 10.3 Å². The van der Waals surface area contributed by atoms with E-state index in [9.17, 15) is 0 Å². The second kappa shape index (κ2) is 4.49. The minimum absolute atomic E-state index is 0.374. The van der Waals surface area contributed by atoms with E-state index in [0.717, 1.165) is 23.0 Å². The van der Waals surface area contributed by atoms with Crippen LogP contribution in [-0.2, 0) is 12.8 Å². The van der Waals surface area contributed by atoms with Crippen LogP contribution in [0.1, 0.15) is 11.3 Å². The van der Waals surface area contributed by atoms with Crippen molar-refractivity contribution in [3.63, 3.8) is 0 Å². The van der Waals surface area contributed by atoms with E-state index in [4.69, 9.17) is 10.3 Å². The number of hydrogen-bond donors (Lipinski definition) is 1. The average molecular weight is 267 g/mol. The zero-order valence-corrected chi connectivity index (χ0v) is 9.70. The predicted molar refractivity (Wildman–Crippen MR) is 62.5 cm³/mol. The lowest BCUT2D eigenvalue weighted by Crippen LogP contribution is -1.91. The second-order valence-corrected chi connectivity index (χ2v) is 4.27. The molecule has 4 heteroatoms. The van der Waals surface area contributed by atoms with E-state index in [1.807, 2.05) is 12.1 Å². The zero-order valence-electron chi connectivity index (χ0n) is 8.11. The van der Waals surface area contributed by atoms with Gasteiger partial charge in [0, 0.05) is 10.5 Å². The van der Waals surface area contributed by atoms with Crippen LogP contribution in [0.3, 0.4) is 0 Å². The Hall–Kier alpha value is -1.29. The van der Waals surface area contributed by atoms with E-state index in [0.29, 0.717) is 5.88 Å². The lowest BCUT2D eigenvalue weighted by atomic mass is 10.1. The molecule has 0 fully saturated rings. The van der Waals surface area contributed by atoms with Crippen molar-refractivity contribution in [3.8, 4) is 0 Å². The van der Waals surface area contributed by atoms with E-state index in [1.165, 1.54) is 5.56 Å². The molecule has 2 aromatic rings. The summed E-state index contributed by atoms with van der Waals surface area (Å²) in [5.74, 6) is 0.374. The van der Waals surface area contributed by atoms with Gasteiger partial charge in [0.1, 0.15) is 0 Å². The summed E-state index contributed by atoms with van der Waals surface area (Å²) in [6.07, 6.45) is 1.78. The minimum atomic E-state index is 0.374. The Bertz CT molecular complexity index is 453. The van der Waals surface area contributed by atoms with Crippen molar-refractivity contribution in [2.75, 3.05) is 5.73 Å². The molecule has 0 saturated carbocycles. The molecule has 3 nitrogen and oxygen atoms in total. The largest absolute Gasteiger partial charge is 0.368 e. The number of nitrogens with zero attached hydrogens (tertiary/aromatic N) is 1. The Kier molecular flexibility index (Phi) is 3.06. The van der Waals surface area contributed by atoms with Crippen molar-refractivity contribution in [1.82, 2.24) is 5.16 Å². The molecule has 0 atom stereocenters. The van der Waals surface area contributed by atoms with Crippen LogP contribution in [0.25, 0.3) is 0 Å². The van der Waals surface area contributed by atoms with Gasteiger partial charge in [-0.2, -0.15) is 0 Å². The molecule has 1 aromatic heterocycles. The SMILES string of the molecule is Nc1cc(CCc2cccc(Br)c2)no1. The van der Waals surface area contributed by atoms with Crippen LogP contribution in [0.5, 0.6) is 0 Å². The van der Waals surface area contributed by atoms with Crippen molar-refractivity contribution in [1.29, 1.82) is 0 Å². The number of anilines is 1. The fourth-order valence-electron chi connectivity index (χ4n) is 1.41. The molecule has 0 unspecified atom stereocenters. The first-order valence-corrected chi connectivity index (χ1v) is 5.49. The summed E-state index contributed by atoms with van der Waals surface area (Å²) in [5, 5.41) is 3.84. The maximum atomic E-state index is 5.44.